The number of hydrogen-bond donors (Lipinski definition) is 0. The van der Waals surface area contributed by atoms with E-state index in [9.17, 15) is 4.39 Å². The summed E-state index contributed by atoms with van der Waals surface area (Å²) < 4.78 is 13.9. The fourth-order valence-electron chi connectivity index (χ4n) is 1.73. The van der Waals surface area contributed by atoms with Crippen molar-refractivity contribution >= 4 is 38.9 Å². The van der Waals surface area contributed by atoms with Gasteiger partial charge < -0.3 is 0 Å². The molecular weight excluding hydrogens is 323 g/mol. The quantitative estimate of drug-likeness (QED) is 0.628. The first-order valence-electron chi connectivity index (χ1n) is 5.15. The number of thiophene rings is 1. The second-order valence-electron chi connectivity index (χ2n) is 3.94. The molecule has 1 atom stereocenters. The van der Waals surface area contributed by atoms with Crippen LogP contribution in [0.4, 0.5) is 4.39 Å². The molecule has 0 saturated carbocycles. The van der Waals surface area contributed by atoms with Crippen LogP contribution in [0.2, 0.25) is 0 Å². The Morgan fingerprint density at radius 2 is 2.00 bits per heavy atom. The normalized spacial score (nSPS) is 12.8. The summed E-state index contributed by atoms with van der Waals surface area (Å²) in [5.41, 5.74) is 1.95. The van der Waals surface area contributed by atoms with Gasteiger partial charge in [0.2, 0.25) is 0 Å². The van der Waals surface area contributed by atoms with Crippen LogP contribution in [-0.4, -0.2) is 0 Å². The highest BCUT2D eigenvalue weighted by Gasteiger charge is 2.17. The minimum atomic E-state index is -0.281. The van der Waals surface area contributed by atoms with Gasteiger partial charge in [-0.3, -0.25) is 0 Å². The third kappa shape index (κ3) is 2.72. The SMILES string of the molecule is Cc1cc(C)c(C(Cl)c2ccc(Br)c(F)c2)s1. The van der Waals surface area contributed by atoms with Gasteiger partial charge in [0, 0.05) is 9.75 Å². The van der Waals surface area contributed by atoms with E-state index >= 15 is 0 Å². The summed E-state index contributed by atoms with van der Waals surface area (Å²) in [6, 6.07) is 7.12. The van der Waals surface area contributed by atoms with Crippen LogP contribution in [0.15, 0.2) is 28.7 Å². The van der Waals surface area contributed by atoms with Crippen molar-refractivity contribution in [1.82, 2.24) is 0 Å². The minimum absolute atomic E-state index is 0.279. The lowest BCUT2D eigenvalue weighted by Crippen LogP contribution is -1.93. The van der Waals surface area contributed by atoms with Crippen LogP contribution in [0.25, 0.3) is 0 Å². The zero-order chi connectivity index (χ0) is 12.6. The van der Waals surface area contributed by atoms with Crippen LogP contribution in [-0.2, 0) is 0 Å². The molecule has 2 aromatic rings. The Morgan fingerprint density at radius 3 is 2.53 bits per heavy atom. The summed E-state index contributed by atoms with van der Waals surface area (Å²) in [6.07, 6.45) is 0. The Balaban J connectivity index is 2.40. The molecule has 0 saturated heterocycles. The van der Waals surface area contributed by atoms with Crippen molar-refractivity contribution in [2.75, 3.05) is 0 Å². The topological polar surface area (TPSA) is 0 Å². The number of alkyl halides is 1. The average molecular weight is 334 g/mol. The number of rotatable bonds is 2. The molecule has 0 aliphatic heterocycles. The molecule has 4 heteroatoms. The van der Waals surface area contributed by atoms with E-state index in [4.69, 9.17) is 11.6 Å². The van der Waals surface area contributed by atoms with Crippen molar-refractivity contribution in [3.63, 3.8) is 0 Å². The van der Waals surface area contributed by atoms with Crippen molar-refractivity contribution in [2.45, 2.75) is 19.2 Å². The Kier molecular flexibility index (Phi) is 3.91. The molecule has 90 valence electrons. The third-order valence-electron chi connectivity index (χ3n) is 2.55. The van der Waals surface area contributed by atoms with E-state index in [1.54, 1.807) is 17.4 Å². The Morgan fingerprint density at radius 1 is 1.29 bits per heavy atom. The largest absolute Gasteiger partial charge is 0.206 e. The molecule has 0 aliphatic rings. The third-order valence-corrected chi connectivity index (χ3v) is 5.01. The van der Waals surface area contributed by atoms with Gasteiger partial charge in [-0.2, -0.15) is 0 Å². The zero-order valence-electron chi connectivity index (χ0n) is 9.43. The standard InChI is InChI=1S/C13H11BrClFS/c1-7-5-8(2)17-13(7)12(15)9-3-4-10(14)11(16)6-9/h3-6,12H,1-2H3. The highest BCUT2D eigenvalue weighted by Crippen LogP contribution is 2.37. The van der Waals surface area contributed by atoms with Crippen LogP contribution in [0.3, 0.4) is 0 Å². The van der Waals surface area contributed by atoms with Crippen molar-refractivity contribution in [1.29, 1.82) is 0 Å². The highest BCUT2D eigenvalue weighted by atomic mass is 79.9. The maximum atomic E-state index is 13.5. The summed E-state index contributed by atoms with van der Waals surface area (Å²) >= 11 is 11.2. The molecule has 0 N–H and O–H groups in total. The van der Waals surface area contributed by atoms with Crippen LogP contribution in [0, 0.1) is 19.7 Å². The number of benzene rings is 1. The smallest absolute Gasteiger partial charge is 0.137 e. The lowest BCUT2D eigenvalue weighted by atomic mass is 10.1. The second-order valence-corrected chi connectivity index (χ2v) is 6.52. The number of aryl methyl sites for hydroxylation is 2. The van der Waals surface area contributed by atoms with Crippen LogP contribution >= 0.6 is 38.9 Å². The molecule has 2 rings (SSSR count). The van der Waals surface area contributed by atoms with Crippen molar-refractivity contribution in [3.8, 4) is 0 Å². The number of hydrogen-bond acceptors (Lipinski definition) is 1. The van der Waals surface area contributed by atoms with E-state index in [-0.39, 0.29) is 11.2 Å². The van der Waals surface area contributed by atoms with E-state index in [0.717, 1.165) is 16.0 Å². The predicted molar refractivity (Wildman–Crippen MR) is 75.6 cm³/mol. The fraction of sp³-hybridized carbons (Fsp3) is 0.231. The van der Waals surface area contributed by atoms with Crippen LogP contribution in [0.1, 0.15) is 26.3 Å². The molecule has 0 radical (unpaired) electrons. The average Bonchev–Trinajstić information content (AvgIpc) is 2.61. The first-order valence-corrected chi connectivity index (χ1v) is 7.19. The molecule has 1 unspecified atom stereocenters. The molecule has 0 aliphatic carbocycles. The first kappa shape index (κ1) is 13.1. The predicted octanol–water partition coefficient (Wildman–Crippen LogP) is 5.59. The van der Waals surface area contributed by atoms with Gasteiger partial charge in [0.1, 0.15) is 5.82 Å². The number of halogens is 3. The van der Waals surface area contributed by atoms with Gasteiger partial charge in [0.05, 0.1) is 9.85 Å². The molecule has 1 heterocycles. The second kappa shape index (κ2) is 5.09. The van der Waals surface area contributed by atoms with Gasteiger partial charge in [-0.1, -0.05) is 6.07 Å². The summed E-state index contributed by atoms with van der Waals surface area (Å²) in [6.45, 7) is 4.08. The van der Waals surface area contributed by atoms with E-state index in [1.165, 1.54) is 10.9 Å². The maximum absolute atomic E-state index is 13.5. The van der Waals surface area contributed by atoms with E-state index in [0.29, 0.717) is 4.47 Å². The Bertz CT molecular complexity index is 550. The molecule has 1 aromatic carbocycles. The van der Waals surface area contributed by atoms with Gasteiger partial charge in [-0.05, 0) is 59.1 Å². The van der Waals surface area contributed by atoms with Crippen molar-refractivity contribution < 1.29 is 4.39 Å². The Hall–Kier alpha value is -0.380. The molecule has 0 fully saturated rings. The lowest BCUT2D eigenvalue weighted by Gasteiger charge is -2.10. The molecule has 1 aromatic heterocycles. The highest BCUT2D eigenvalue weighted by molar-refractivity contribution is 9.10. The fourth-order valence-corrected chi connectivity index (χ4v) is 3.46. The molecule has 0 nitrogen and oxygen atoms in total. The van der Waals surface area contributed by atoms with Gasteiger partial charge in [0.25, 0.3) is 0 Å². The van der Waals surface area contributed by atoms with E-state index in [2.05, 4.69) is 22.0 Å². The lowest BCUT2D eigenvalue weighted by molar-refractivity contribution is 0.619. The molecular formula is C13H11BrClFS. The van der Waals surface area contributed by atoms with Gasteiger partial charge in [-0.25, -0.2) is 4.39 Å². The summed E-state index contributed by atoms with van der Waals surface area (Å²) in [5.74, 6) is -0.279. The summed E-state index contributed by atoms with van der Waals surface area (Å²) in [4.78, 5) is 2.31. The van der Waals surface area contributed by atoms with Crippen LogP contribution < -0.4 is 0 Å². The van der Waals surface area contributed by atoms with Gasteiger partial charge >= 0.3 is 0 Å². The molecule has 0 bridgehead atoms. The maximum Gasteiger partial charge on any atom is 0.137 e. The zero-order valence-corrected chi connectivity index (χ0v) is 12.6. The first-order chi connectivity index (χ1) is 7.99. The molecule has 0 amide bonds. The van der Waals surface area contributed by atoms with Crippen molar-refractivity contribution in [2.24, 2.45) is 0 Å². The van der Waals surface area contributed by atoms with E-state index < -0.39 is 0 Å². The molecule has 0 spiro atoms. The minimum Gasteiger partial charge on any atom is -0.206 e. The van der Waals surface area contributed by atoms with Gasteiger partial charge in [-0.15, -0.1) is 22.9 Å². The van der Waals surface area contributed by atoms with E-state index in [1.807, 2.05) is 19.9 Å². The van der Waals surface area contributed by atoms with Crippen LogP contribution in [0.5, 0.6) is 0 Å². The Labute approximate surface area is 118 Å². The molecule has 17 heavy (non-hydrogen) atoms. The monoisotopic (exact) mass is 332 g/mol. The summed E-state index contributed by atoms with van der Waals surface area (Å²) in [7, 11) is 0. The van der Waals surface area contributed by atoms with Gasteiger partial charge in [0.15, 0.2) is 0 Å². The van der Waals surface area contributed by atoms with Crippen molar-refractivity contribution in [3.05, 3.63) is 55.4 Å². The summed E-state index contributed by atoms with van der Waals surface area (Å²) in [5, 5.41) is -0.281.